The lowest BCUT2D eigenvalue weighted by molar-refractivity contribution is -0.128. The van der Waals surface area contributed by atoms with Crippen molar-refractivity contribution in [3.63, 3.8) is 0 Å². The van der Waals surface area contributed by atoms with Crippen molar-refractivity contribution in [2.45, 2.75) is 44.7 Å². The quantitative estimate of drug-likeness (QED) is 0.225. The third-order valence-corrected chi connectivity index (χ3v) is 8.80. The highest BCUT2D eigenvalue weighted by Crippen LogP contribution is 2.29. The summed E-state index contributed by atoms with van der Waals surface area (Å²) < 4.78 is 11.1. The van der Waals surface area contributed by atoms with Gasteiger partial charge >= 0.3 is 0 Å². The number of amides is 2. The predicted octanol–water partition coefficient (Wildman–Crippen LogP) is 6.15. The molecule has 0 spiro atoms. The number of fused-ring (bicyclic) bond motifs is 1. The number of nitrogens with one attached hydrogen (secondary N) is 1. The van der Waals surface area contributed by atoms with Crippen LogP contribution in [0.15, 0.2) is 93.7 Å². The highest BCUT2D eigenvalue weighted by atomic mass is 35.5. The maximum Gasteiger partial charge on any atom is 0.287 e. The zero-order valence-corrected chi connectivity index (χ0v) is 26.0. The van der Waals surface area contributed by atoms with Gasteiger partial charge in [-0.3, -0.25) is 14.4 Å². The van der Waals surface area contributed by atoms with Crippen LogP contribution in [-0.2, 0) is 17.8 Å². The highest BCUT2D eigenvalue weighted by molar-refractivity contribution is 6.30. The molecule has 8 nitrogen and oxygen atoms in total. The van der Waals surface area contributed by atoms with Gasteiger partial charge in [-0.25, -0.2) is 0 Å². The lowest BCUT2D eigenvalue weighted by atomic mass is 9.97. The maximum absolute atomic E-state index is 13.5. The molecule has 232 valence electrons. The van der Waals surface area contributed by atoms with E-state index in [-0.39, 0.29) is 23.1 Å². The number of hydrogen-bond donors (Lipinski definition) is 1. The number of rotatable bonds is 9. The molecule has 2 saturated heterocycles. The summed E-state index contributed by atoms with van der Waals surface area (Å²) >= 11 is 6.13. The number of anilines is 1. The number of ether oxygens (including phenoxy) is 1. The molecule has 0 radical (unpaired) electrons. The topological polar surface area (TPSA) is 92.1 Å². The van der Waals surface area contributed by atoms with Crippen LogP contribution >= 0.6 is 11.6 Å². The Labute approximate surface area is 267 Å². The second-order valence-corrected chi connectivity index (χ2v) is 12.0. The van der Waals surface area contributed by atoms with Gasteiger partial charge in [-0.2, -0.15) is 0 Å². The molecule has 2 amide bonds. The number of carbonyl (C=O) groups is 2. The number of halogens is 1. The number of para-hydroxylation sites is 1. The first-order valence-electron chi connectivity index (χ1n) is 15.3. The molecule has 2 fully saturated rings. The molecule has 0 bridgehead atoms. The lowest BCUT2D eigenvalue weighted by Crippen LogP contribution is -2.37. The zero-order valence-electron chi connectivity index (χ0n) is 25.3. The van der Waals surface area contributed by atoms with Crippen LogP contribution in [-0.4, -0.2) is 49.5 Å². The molecule has 4 aromatic rings. The van der Waals surface area contributed by atoms with Gasteiger partial charge in [0.15, 0.2) is 11.2 Å². The fourth-order valence-corrected chi connectivity index (χ4v) is 6.28. The summed E-state index contributed by atoms with van der Waals surface area (Å²) in [5.41, 5.74) is 4.61. The van der Waals surface area contributed by atoms with Crippen LogP contribution in [0.4, 0.5) is 5.69 Å². The van der Waals surface area contributed by atoms with Gasteiger partial charge < -0.3 is 24.3 Å². The Bertz CT molecular complexity index is 1790. The predicted molar refractivity (Wildman–Crippen MR) is 176 cm³/mol. The summed E-state index contributed by atoms with van der Waals surface area (Å²) in [7, 11) is 1.53. The number of piperidine rings is 1. The van der Waals surface area contributed by atoms with E-state index in [9.17, 15) is 14.4 Å². The minimum Gasteiger partial charge on any atom is -0.497 e. The van der Waals surface area contributed by atoms with E-state index in [0.29, 0.717) is 41.1 Å². The first-order chi connectivity index (χ1) is 21.9. The van der Waals surface area contributed by atoms with Crippen LogP contribution in [0.1, 0.15) is 47.4 Å². The summed E-state index contributed by atoms with van der Waals surface area (Å²) in [5, 5.41) is 4.13. The number of likely N-dealkylation sites (tertiary alicyclic amines) is 1. The first kappa shape index (κ1) is 30.5. The highest BCUT2D eigenvalue weighted by Gasteiger charge is 2.24. The van der Waals surface area contributed by atoms with Crippen molar-refractivity contribution >= 4 is 40.1 Å². The third-order valence-electron chi connectivity index (χ3n) is 8.55. The van der Waals surface area contributed by atoms with Crippen LogP contribution in [0, 0.1) is 0 Å². The Kier molecular flexibility index (Phi) is 9.21. The van der Waals surface area contributed by atoms with Crippen molar-refractivity contribution in [3.8, 4) is 5.75 Å². The van der Waals surface area contributed by atoms with Crippen LogP contribution < -0.4 is 20.4 Å². The average Bonchev–Trinajstić information content (AvgIpc) is 3.46. The maximum atomic E-state index is 13.5. The zero-order chi connectivity index (χ0) is 31.3. The van der Waals surface area contributed by atoms with E-state index in [1.165, 1.54) is 30.0 Å². The second kappa shape index (κ2) is 13.6. The fourth-order valence-electron chi connectivity index (χ4n) is 6.16. The van der Waals surface area contributed by atoms with Crippen LogP contribution in [0.5, 0.6) is 5.75 Å². The summed E-state index contributed by atoms with van der Waals surface area (Å²) in [6.45, 7) is 3.12. The normalized spacial score (nSPS) is 15.8. The molecule has 6 rings (SSSR count). The van der Waals surface area contributed by atoms with Crippen molar-refractivity contribution in [3.05, 3.63) is 117 Å². The standard InChI is InChI=1S/C36H36ClN3O5/c1-44-29-12-13-30-32(41)22-34(45-33(30)21-29)36(43)38-28(19-24-8-10-27(37)11-9-24)20-25-14-17-39(18-15-25)31-6-3-2-5-26(31)23-40-16-4-7-35(40)42/h2-3,5-6,8-13,20-22,28H,4,7,14-19,23H2,1H3,(H,38,43)/t28-/m1/s1. The summed E-state index contributed by atoms with van der Waals surface area (Å²) in [4.78, 5) is 42.9. The Morgan fingerprint density at radius 2 is 1.78 bits per heavy atom. The van der Waals surface area contributed by atoms with Crippen molar-refractivity contribution in [2.75, 3.05) is 31.6 Å². The van der Waals surface area contributed by atoms with Gasteiger partial charge in [-0.1, -0.05) is 53.6 Å². The van der Waals surface area contributed by atoms with Gasteiger partial charge in [-0.15, -0.1) is 0 Å². The average molecular weight is 626 g/mol. The van der Waals surface area contributed by atoms with Crippen molar-refractivity contribution < 1.29 is 18.7 Å². The number of carbonyl (C=O) groups excluding carboxylic acids is 2. The van der Waals surface area contributed by atoms with E-state index in [2.05, 4.69) is 34.5 Å². The smallest absolute Gasteiger partial charge is 0.287 e. The molecule has 0 aliphatic carbocycles. The first-order valence-corrected chi connectivity index (χ1v) is 15.7. The van der Waals surface area contributed by atoms with Gasteiger partial charge in [0.1, 0.15) is 11.3 Å². The van der Waals surface area contributed by atoms with Gasteiger partial charge in [0, 0.05) is 55.4 Å². The monoisotopic (exact) mass is 625 g/mol. The molecule has 1 N–H and O–H groups in total. The van der Waals surface area contributed by atoms with E-state index >= 15 is 0 Å². The van der Waals surface area contributed by atoms with Gasteiger partial charge in [0.05, 0.1) is 18.5 Å². The van der Waals surface area contributed by atoms with E-state index in [1.54, 1.807) is 18.2 Å². The van der Waals surface area contributed by atoms with Crippen LogP contribution in [0.2, 0.25) is 5.02 Å². The number of hydrogen-bond acceptors (Lipinski definition) is 6. The summed E-state index contributed by atoms with van der Waals surface area (Å²) in [5.74, 6) is 0.246. The Morgan fingerprint density at radius 3 is 2.51 bits per heavy atom. The molecule has 45 heavy (non-hydrogen) atoms. The molecular weight excluding hydrogens is 590 g/mol. The molecule has 9 heteroatoms. The minimum absolute atomic E-state index is 0.0526. The van der Waals surface area contributed by atoms with E-state index in [0.717, 1.165) is 44.5 Å². The van der Waals surface area contributed by atoms with Crippen molar-refractivity contribution in [1.82, 2.24) is 10.2 Å². The van der Waals surface area contributed by atoms with E-state index in [1.807, 2.05) is 35.2 Å². The van der Waals surface area contributed by atoms with Crippen LogP contribution in [0.3, 0.4) is 0 Å². The van der Waals surface area contributed by atoms with E-state index in [4.69, 9.17) is 20.8 Å². The van der Waals surface area contributed by atoms with Gasteiger partial charge in [0.2, 0.25) is 5.91 Å². The molecule has 2 aliphatic heterocycles. The Balaban J connectivity index is 1.19. The van der Waals surface area contributed by atoms with E-state index < -0.39 is 5.91 Å². The van der Waals surface area contributed by atoms with Gasteiger partial charge in [0.25, 0.3) is 5.91 Å². The second-order valence-electron chi connectivity index (χ2n) is 11.6. The Hall–Kier alpha value is -4.56. The molecule has 1 atom stereocenters. The third kappa shape index (κ3) is 7.23. The van der Waals surface area contributed by atoms with Crippen molar-refractivity contribution in [2.24, 2.45) is 0 Å². The molecular formula is C36H36ClN3O5. The minimum atomic E-state index is -0.463. The number of benzene rings is 3. The molecule has 1 aromatic heterocycles. The lowest BCUT2D eigenvalue weighted by Gasteiger charge is -2.33. The Morgan fingerprint density at radius 1 is 1.00 bits per heavy atom. The summed E-state index contributed by atoms with van der Waals surface area (Å²) in [6.07, 6.45) is 5.93. The SMILES string of the molecule is COc1ccc2c(=O)cc(C(=O)N[C@@H](C=C3CCN(c4ccccc4CN4CCCC4=O)CC3)Cc3ccc(Cl)cc3)oc2c1. The molecule has 3 aromatic carbocycles. The largest absolute Gasteiger partial charge is 0.497 e. The van der Waals surface area contributed by atoms with Crippen molar-refractivity contribution in [1.29, 1.82) is 0 Å². The molecule has 0 unspecified atom stereocenters. The fraction of sp³-hybridized carbons (Fsp3) is 0.306. The number of nitrogens with zero attached hydrogens (tertiary/aromatic N) is 2. The van der Waals surface area contributed by atoms with Crippen LogP contribution in [0.25, 0.3) is 11.0 Å². The molecule has 0 saturated carbocycles. The summed E-state index contributed by atoms with van der Waals surface area (Å²) in [6, 6.07) is 21.7. The number of methoxy groups -OCH3 is 1. The van der Waals surface area contributed by atoms with Gasteiger partial charge in [-0.05, 0) is 67.1 Å². The molecule has 3 heterocycles. The molecule has 2 aliphatic rings.